The summed E-state index contributed by atoms with van der Waals surface area (Å²) in [5.41, 5.74) is 2.84. The molecular weight excluding hydrogens is 697 g/mol. The number of hydrogen-bond acceptors (Lipinski definition) is 4. The summed E-state index contributed by atoms with van der Waals surface area (Å²) in [6.45, 7) is 6.38. The first-order chi connectivity index (χ1) is 33.3. The zero-order valence-electron chi connectivity index (χ0n) is 44.3. The van der Waals surface area contributed by atoms with E-state index in [1.165, 1.54) is 0 Å². The lowest BCUT2D eigenvalue weighted by molar-refractivity contribution is 0.483. The van der Waals surface area contributed by atoms with Crippen LogP contribution in [0.25, 0.3) is 49.9 Å². The van der Waals surface area contributed by atoms with Gasteiger partial charge in [0.15, 0.2) is 0 Å². The Balaban J connectivity index is 1.13. The van der Waals surface area contributed by atoms with Gasteiger partial charge in [0, 0.05) is 45.9 Å². The Morgan fingerprint density at radius 1 is 0.579 bits per heavy atom. The summed E-state index contributed by atoms with van der Waals surface area (Å²) in [7, 11) is 0. The Bertz CT molecular complexity index is 3530. The SMILES string of the molecule is [2H]c1c([2H])c([2H])c(-c2c([2H])c([2H])c([2H])c(-c3c([2H])c([2H])c([2H])c([2H])c3[2H])c2N2CN(c3cccc(Oc4ccc5c6ccccc6n(-c6cc(C(C)(C)C)ccn6)c5c4)c3)c3ccccc32)c([2H])c1[2H]. The van der Waals surface area contributed by atoms with Crippen molar-refractivity contribution in [1.29, 1.82) is 0 Å². The van der Waals surface area contributed by atoms with E-state index in [0.29, 0.717) is 28.6 Å². The molecule has 1 aliphatic heterocycles. The van der Waals surface area contributed by atoms with Crippen LogP contribution in [0.4, 0.5) is 22.7 Å². The van der Waals surface area contributed by atoms with Crippen molar-refractivity contribution in [1.82, 2.24) is 9.55 Å². The number of aromatic nitrogens is 2. The Kier molecular flexibility index (Phi) is 5.62. The smallest absolute Gasteiger partial charge is 0.137 e. The maximum Gasteiger partial charge on any atom is 0.137 e. The molecule has 3 heterocycles. The Morgan fingerprint density at radius 2 is 1.23 bits per heavy atom. The second kappa shape index (κ2) is 13.9. The van der Waals surface area contributed by atoms with Crippen molar-refractivity contribution in [2.24, 2.45) is 0 Å². The molecule has 9 aromatic rings. The zero-order valence-corrected chi connectivity index (χ0v) is 31.3. The molecule has 0 amide bonds. The van der Waals surface area contributed by atoms with Gasteiger partial charge in [-0.2, -0.15) is 0 Å². The number of para-hydroxylation sites is 4. The van der Waals surface area contributed by atoms with E-state index in [2.05, 4.69) is 43.5 Å². The molecule has 2 aromatic heterocycles. The second-order valence-electron chi connectivity index (χ2n) is 14.7. The molecule has 0 bridgehead atoms. The van der Waals surface area contributed by atoms with Crippen molar-refractivity contribution in [2.75, 3.05) is 16.5 Å². The Hall–Kier alpha value is -7.11. The van der Waals surface area contributed by atoms with Crippen molar-refractivity contribution in [3.63, 3.8) is 0 Å². The molecule has 0 atom stereocenters. The first kappa shape index (κ1) is 23.1. The van der Waals surface area contributed by atoms with Crippen molar-refractivity contribution in [3.05, 3.63) is 193 Å². The Labute approximate surface area is 351 Å². The molecule has 0 aliphatic carbocycles. The molecule has 1 aliphatic rings. The van der Waals surface area contributed by atoms with Crippen molar-refractivity contribution >= 4 is 44.6 Å². The topological polar surface area (TPSA) is 33.5 Å². The zero-order chi connectivity index (χ0) is 49.8. The Morgan fingerprint density at radius 3 is 1.95 bits per heavy atom. The van der Waals surface area contributed by atoms with Crippen molar-refractivity contribution in [3.8, 4) is 39.6 Å². The predicted molar refractivity (Wildman–Crippen MR) is 237 cm³/mol. The average Bonchev–Trinajstić information content (AvgIpc) is 3.90. The first-order valence-corrected chi connectivity index (χ1v) is 18.5. The third kappa shape index (κ3) is 6.18. The molecule has 57 heavy (non-hydrogen) atoms. The van der Waals surface area contributed by atoms with Crippen LogP contribution in [0, 0.1) is 0 Å². The molecule has 0 saturated heterocycles. The average molecular weight is 752 g/mol. The predicted octanol–water partition coefficient (Wildman–Crippen LogP) is 13.8. The van der Waals surface area contributed by atoms with E-state index in [1.54, 1.807) is 17.0 Å². The molecule has 10 rings (SSSR count). The van der Waals surface area contributed by atoms with Gasteiger partial charge in [-0.15, -0.1) is 0 Å². The number of pyridine rings is 1. The molecule has 0 N–H and O–H groups in total. The summed E-state index contributed by atoms with van der Waals surface area (Å²) in [6, 6.07) is 23.6. The molecule has 0 radical (unpaired) electrons. The number of rotatable bonds is 7. The van der Waals surface area contributed by atoms with Gasteiger partial charge >= 0.3 is 0 Å². The maximum atomic E-state index is 9.36. The highest BCUT2D eigenvalue weighted by atomic mass is 16.5. The number of nitrogens with zero attached hydrogens (tertiary/aromatic N) is 4. The fourth-order valence-electron chi connectivity index (χ4n) is 7.53. The maximum absolute atomic E-state index is 9.36. The molecule has 0 fully saturated rings. The molecule has 276 valence electrons. The minimum Gasteiger partial charge on any atom is -0.457 e. The number of benzene rings is 7. The van der Waals surface area contributed by atoms with Crippen LogP contribution >= 0.6 is 0 Å². The summed E-state index contributed by atoms with van der Waals surface area (Å²) in [4.78, 5) is 8.33. The van der Waals surface area contributed by atoms with E-state index >= 15 is 0 Å². The van der Waals surface area contributed by atoms with Gasteiger partial charge in [0.25, 0.3) is 0 Å². The van der Waals surface area contributed by atoms with Crippen LogP contribution < -0.4 is 14.5 Å². The summed E-state index contributed by atoms with van der Waals surface area (Å²) < 4.78 is 124. The van der Waals surface area contributed by atoms with Gasteiger partial charge in [0.2, 0.25) is 0 Å². The molecule has 0 spiro atoms. The van der Waals surface area contributed by atoms with Crippen LogP contribution in [0.15, 0.2) is 188 Å². The summed E-state index contributed by atoms with van der Waals surface area (Å²) in [5, 5.41) is 2.08. The quantitative estimate of drug-likeness (QED) is 0.162. The van der Waals surface area contributed by atoms with Crippen LogP contribution in [-0.4, -0.2) is 16.2 Å². The van der Waals surface area contributed by atoms with Crippen LogP contribution in [0.3, 0.4) is 0 Å². The van der Waals surface area contributed by atoms with Crippen LogP contribution in [0.1, 0.15) is 44.2 Å². The summed E-state index contributed by atoms with van der Waals surface area (Å²) in [6.07, 6.45) is 1.83. The van der Waals surface area contributed by atoms with Crippen molar-refractivity contribution in [2.45, 2.75) is 26.2 Å². The largest absolute Gasteiger partial charge is 0.457 e. The molecule has 0 saturated carbocycles. The van der Waals surface area contributed by atoms with Crippen LogP contribution in [-0.2, 0) is 5.41 Å². The molecule has 5 nitrogen and oxygen atoms in total. The van der Waals surface area contributed by atoms with E-state index in [1.807, 2.05) is 83.9 Å². The fourth-order valence-corrected chi connectivity index (χ4v) is 7.53. The van der Waals surface area contributed by atoms with Crippen molar-refractivity contribution < 1.29 is 22.6 Å². The third-order valence-corrected chi connectivity index (χ3v) is 10.2. The fraction of sp³-hybridized carbons (Fsp3) is 0.0962. The summed E-state index contributed by atoms with van der Waals surface area (Å²) >= 11 is 0. The number of hydrogen-bond donors (Lipinski definition) is 0. The lowest BCUT2D eigenvalue weighted by Crippen LogP contribution is -2.24. The van der Waals surface area contributed by atoms with E-state index in [0.717, 1.165) is 33.2 Å². The highest BCUT2D eigenvalue weighted by Gasteiger charge is 2.31. The summed E-state index contributed by atoms with van der Waals surface area (Å²) in [5.74, 6) is 1.80. The lowest BCUT2D eigenvalue weighted by atomic mass is 9.88. The molecular formula is C52H42N4O. The molecule has 7 aromatic carbocycles. The molecule has 5 heteroatoms. The van der Waals surface area contributed by atoms with Gasteiger partial charge in [0.05, 0.1) is 45.9 Å². The van der Waals surface area contributed by atoms with Crippen LogP contribution in [0.2, 0.25) is 0 Å². The van der Waals surface area contributed by atoms with Gasteiger partial charge in [-0.3, -0.25) is 4.57 Å². The van der Waals surface area contributed by atoms with Gasteiger partial charge in [-0.05, 0) is 76.7 Å². The highest BCUT2D eigenvalue weighted by molar-refractivity contribution is 6.09. The van der Waals surface area contributed by atoms with Crippen LogP contribution in [0.5, 0.6) is 11.5 Å². The van der Waals surface area contributed by atoms with Gasteiger partial charge < -0.3 is 14.5 Å². The highest BCUT2D eigenvalue weighted by Crippen LogP contribution is 2.50. The van der Waals surface area contributed by atoms with Gasteiger partial charge in [-0.1, -0.05) is 136 Å². The standard InChI is InChI=1S/C52H42N4O/c1-52(2,3)38-30-31-53-50(32-38)56-46-25-11-10-22-44(46)45-29-28-41(34-49(45)56)57-40-21-14-20-39(33-40)54-35-55(48-27-13-12-26-47(48)54)51-42(36-16-6-4-7-17-36)23-15-24-43(51)37-18-8-5-9-19-37/h4-34H,35H2,1-3H3/i4D,5D,6D,7D,8D,9D,15D,16D,17D,18D,19D,23D,24D. The second-order valence-corrected chi connectivity index (χ2v) is 14.7. The first-order valence-electron chi connectivity index (χ1n) is 25.0. The number of fused-ring (bicyclic) bond motifs is 4. The van der Waals surface area contributed by atoms with Gasteiger partial charge in [-0.25, -0.2) is 4.98 Å². The lowest BCUT2D eigenvalue weighted by Gasteiger charge is -2.27. The number of ether oxygens (including phenoxy) is 1. The van der Waals surface area contributed by atoms with Gasteiger partial charge in [0.1, 0.15) is 24.0 Å². The van der Waals surface area contributed by atoms with E-state index in [-0.39, 0.29) is 28.9 Å². The van der Waals surface area contributed by atoms with E-state index in [9.17, 15) is 2.74 Å². The minimum atomic E-state index is -0.741. The normalized spacial score (nSPS) is 15.9. The molecule has 0 unspecified atom stereocenters. The number of anilines is 4. The monoisotopic (exact) mass is 751 g/mol. The third-order valence-electron chi connectivity index (χ3n) is 10.2. The minimum absolute atomic E-state index is 0.108. The van der Waals surface area contributed by atoms with E-state index < -0.39 is 89.7 Å². The van der Waals surface area contributed by atoms with E-state index in [4.69, 9.17) is 24.8 Å².